The smallest absolute Gasteiger partial charge is 0.257 e. The van der Waals surface area contributed by atoms with Crippen molar-refractivity contribution in [1.29, 1.82) is 0 Å². The molecule has 0 N–H and O–H groups in total. The molecule has 2 fully saturated rings. The number of sulfone groups is 1. The summed E-state index contributed by atoms with van der Waals surface area (Å²) >= 11 is 0. The number of likely N-dealkylation sites (tertiary alicyclic amines) is 1. The average Bonchev–Trinajstić information content (AvgIpc) is 3.32. The van der Waals surface area contributed by atoms with Crippen LogP contribution in [0, 0.1) is 23.6 Å². The number of alkyl halides is 2. The summed E-state index contributed by atoms with van der Waals surface area (Å²) in [4.78, 5) is 1.53. The van der Waals surface area contributed by atoms with Crippen molar-refractivity contribution in [3.05, 3.63) is 24.0 Å². The highest BCUT2D eigenvalue weighted by Crippen LogP contribution is 2.49. The number of ether oxygens (including phenoxy) is 1. The van der Waals surface area contributed by atoms with E-state index in [0.717, 1.165) is 58.0 Å². The van der Waals surface area contributed by atoms with E-state index in [0.29, 0.717) is 30.1 Å². The normalized spacial score (nSPS) is 24.3. The van der Waals surface area contributed by atoms with E-state index in [-0.39, 0.29) is 11.4 Å². The Kier molecular flexibility index (Phi) is 6.29. The second-order valence-corrected chi connectivity index (χ2v) is 10.3. The first-order valence-electron chi connectivity index (χ1n) is 9.75. The van der Waals surface area contributed by atoms with Gasteiger partial charge in [-0.1, -0.05) is 0 Å². The molecule has 1 aromatic carbocycles. The lowest BCUT2D eigenvalue weighted by Crippen LogP contribution is -2.41. The third kappa shape index (κ3) is 5.86. The molecule has 0 spiro atoms. The second-order valence-electron chi connectivity index (χ2n) is 8.34. The molecule has 0 radical (unpaired) electrons. The summed E-state index contributed by atoms with van der Waals surface area (Å²) in [5, 5.41) is 0. The maximum Gasteiger partial charge on any atom is 0.257 e. The van der Waals surface area contributed by atoms with E-state index in [1.807, 2.05) is 4.90 Å². The van der Waals surface area contributed by atoms with Crippen LogP contribution in [0.4, 0.5) is 13.2 Å². The summed E-state index contributed by atoms with van der Waals surface area (Å²) in [6.45, 7) is 2.74. The molecule has 28 heavy (non-hydrogen) atoms. The molecule has 3 rings (SSSR count). The molecule has 1 aliphatic carbocycles. The first kappa shape index (κ1) is 21.4. The Morgan fingerprint density at radius 2 is 1.93 bits per heavy atom. The van der Waals surface area contributed by atoms with E-state index in [4.69, 9.17) is 4.74 Å². The van der Waals surface area contributed by atoms with E-state index >= 15 is 0 Å². The van der Waals surface area contributed by atoms with Gasteiger partial charge in [0.05, 0.1) is 13.2 Å². The van der Waals surface area contributed by atoms with Crippen LogP contribution in [0.15, 0.2) is 23.1 Å². The molecule has 1 heterocycles. The van der Waals surface area contributed by atoms with Crippen molar-refractivity contribution in [2.24, 2.45) is 17.8 Å². The van der Waals surface area contributed by atoms with Gasteiger partial charge in [0.2, 0.25) is 0 Å². The minimum atomic E-state index is -3.58. The van der Waals surface area contributed by atoms with Gasteiger partial charge >= 0.3 is 0 Å². The highest BCUT2D eigenvalue weighted by Gasteiger charge is 2.43. The van der Waals surface area contributed by atoms with Gasteiger partial charge in [0.1, 0.15) is 16.5 Å². The predicted molar refractivity (Wildman–Crippen MR) is 101 cm³/mol. The van der Waals surface area contributed by atoms with Crippen molar-refractivity contribution >= 4 is 9.84 Å². The molecule has 0 bridgehead atoms. The largest absolute Gasteiger partial charge is 0.493 e. The minimum absolute atomic E-state index is 0.156. The number of nitrogens with zero attached hydrogens (tertiary/aromatic N) is 1. The van der Waals surface area contributed by atoms with Crippen LogP contribution in [0.5, 0.6) is 5.75 Å². The summed E-state index contributed by atoms with van der Waals surface area (Å²) in [6, 6.07) is 3.82. The zero-order valence-corrected chi connectivity index (χ0v) is 17.2. The Labute approximate surface area is 165 Å². The Bertz CT molecular complexity index is 786. The molecule has 2 atom stereocenters. The fraction of sp³-hybridized carbons (Fsp3) is 0.700. The van der Waals surface area contributed by atoms with Gasteiger partial charge in [-0.3, -0.25) is 4.90 Å². The first-order chi connectivity index (χ1) is 13.0. The Balaban J connectivity index is 1.38. The lowest BCUT2D eigenvalue weighted by Gasteiger charge is -2.33. The quantitative estimate of drug-likeness (QED) is 0.639. The number of piperidine rings is 1. The van der Waals surface area contributed by atoms with Gasteiger partial charge in [-0.05, 0) is 68.7 Å². The predicted octanol–water partition coefficient (Wildman–Crippen LogP) is 4.00. The van der Waals surface area contributed by atoms with E-state index < -0.39 is 21.6 Å². The van der Waals surface area contributed by atoms with Crippen molar-refractivity contribution < 1.29 is 26.3 Å². The first-order valence-corrected chi connectivity index (χ1v) is 11.6. The molecule has 0 aromatic heterocycles. The lowest BCUT2D eigenvalue weighted by molar-refractivity contribution is -0.0232. The summed E-state index contributed by atoms with van der Waals surface area (Å²) in [5.41, 5.74) is 0. The van der Waals surface area contributed by atoms with Gasteiger partial charge in [-0.25, -0.2) is 21.6 Å². The van der Waals surface area contributed by atoms with Crippen LogP contribution in [0.2, 0.25) is 0 Å². The van der Waals surface area contributed by atoms with Gasteiger partial charge < -0.3 is 4.74 Å². The molecular formula is C20H28F3NO3S. The van der Waals surface area contributed by atoms with Crippen molar-refractivity contribution in [3.63, 3.8) is 0 Å². The molecule has 0 unspecified atom stereocenters. The summed E-state index contributed by atoms with van der Waals surface area (Å²) in [5.74, 6) is -1.30. The molecule has 8 heteroatoms. The van der Waals surface area contributed by atoms with Crippen LogP contribution in [0.25, 0.3) is 0 Å². The fourth-order valence-corrected chi connectivity index (χ4v) is 5.04. The maximum atomic E-state index is 13.9. The third-order valence-electron chi connectivity index (χ3n) is 5.78. The maximum absolute atomic E-state index is 13.9. The average molecular weight is 420 g/mol. The van der Waals surface area contributed by atoms with Crippen LogP contribution in [-0.4, -0.2) is 51.7 Å². The molecule has 4 nitrogen and oxygen atoms in total. The van der Waals surface area contributed by atoms with E-state index in [2.05, 4.69) is 0 Å². The lowest BCUT2D eigenvalue weighted by atomic mass is 9.90. The van der Waals surface area contributed by atoms with E-state index in [1.165, 1.54) is 12.1 Å². The van der Waals surface area contributed by atoms with Gasteiger partial charge in [0.25, 0.3) is 5.92 Å². The van der Waals surface area contributed by atoms with Gasteiger partial charge in [-0.2, -0.15) is 0 Å². The SMILES string of the molecule is CC(F)(F)CN1CCC([C@H]2C[C@H]2CCOc2ccc(S(C)(=O)=O)c(F)c2)CC1. The van der Waals surface area contributed by atoms with Crippen LogP contribution in [0.3, 0.4) is 0 Å². The Morgan fingerprint density at radius 1 is 1.25 bits per heavy atom. The molecule has 1 saturated carbocycles. The third-order valence-corrected chi connectivity index (χ3v) is 6.91. The van der Waals surface area contributed by atoms with Crippen LogP contribution in [-0.2, 0) is 9.84 Å². The molecule has 1 aromatic rings. The Morgan fingerprint density at radius 3 is 2.50 bits per heavy atom. The molecule has 2 aliphatic rings. The number of benzene rings is 1. The van der Waals surface area contributed by atoms with Gasteiger partial charge in [-0.15, -0.1) is 0 Å². The van der Waals surface area contributed by atoms with Gasteiger partial charge in [0.15, 0.2) is 9.84 Å². The van der Waals surface area contributed by atoms with Crippen molar-refractivity contribution in [2.75, 3.05) is 32.5 Å². The molecule has 0 amide bonds. The molecule has 1 saturated heterocycles. The molecule has 158 valence electrons. The summed E-state index contributed by atoms with van der Waals surface area (Å²) in [7, 11) is -3.58. The van der Waals surface area contributed by atoms with Crippen LogP contribution < -0.4 is 4.74 Å². The van der Waals surface area contributed by atoms with Crippen LogP contribution in [0.1, 0.15) is 32.6 Å². The van der Waals surface area contributed by atoms with Crippen molar-refractivity contribution in [2.45, 2.75) is 43.4 Å². The number of hydrogen-bond acceptors (Lipinski definition) is 4. The van der Waals surface area contributed by atoms with Gasteiger partial charge in [0, 0.05) is 19.2 Å². The number of rotatable bonds is 8. The van der Waals surface area contributed by atoms with Crippen molar-refractivity contribution in [3.8, 4) is 5.75 Å². The second kappa shape index (κ2) is 8.22. The number of halogens is 3. The molecular weight excluding hydrogens is 391 g/mol. The molecule has 1 aliphatic heterocycles. The zero-order valence-electron chi connectivity index (χ0n) is 16.3. The monoisotopic (exact) mass is 419 g/mol. The number of hydrogen-bond donors (Lipinski definition) is 0. The van der Waals surface area contributed by atoms with Crippen LogP contribution >= 0.6 is 0 Å². The highest BCUT2D eigenvalue weighted by atomic mass is 32.2. The highest BCUT2D eigenvalue weighted by molar-refractivity contribution is 7.90. The van der Waals surface area contributed by atoms with E-state index in [9.17, 15) is 21.6 Å². The minimum Gasteiger partial charge on any atom is -0.493 e. The standard InChI is InChI=1S/C20H28F3NO3S/c1-20(22,23)13-24-8-5-14(6-9-24)17-11-15(17)7-10-27-16-3-4-19(18(21)12-16)28(2,25)26/h3-4,12,14-15,17H,5-11,13H2,1-2H3/t15-,17-/m1/s1. The topological polar surface area (TPSA) is 46.6 Å². The zero-order chi connectivity index (χ0) is 20.5. The summed E-state index contributed by atoms with van der Waals surface area (Å²) in [6.07, 6.45) is 4.91. The summed E-state index contributed by atoms with van der Waals surface area (Å²) < 4.78 is 68.5. The van der Waals surface area contributed by atoms with Crippen molar-refractivity contribution in [1.82, 2.24) is 4.90 Å². The van der Waals surface area contributed by atoms with E-state index in [1.54, 1.807) is 0 Å². The fourth-order valence-electron chi connectivity index (χ4n) is 4.31. The Hall–Kier alpha value is -1.28.